The molecule has 5 nitrogen and oxygen atoms in total. The summed E-state index contributed by atoms with van der Waals surface area (Å²) in [6, 6.07) is 5.76. The van der Waals surface area contributed by atoms with E-state index in [2.05, 4.69) is 0 Å². The molecule has 1 amide bonds. The van der Waals surface area contributed by atoms with Gasteiger partial charge in [-0.1, -0.05) is 11.8 Å². The Balaban J connectivity index is 1.90. The van der Waals surface area contributed by atoms with Gasteiger partial charge >= 0.3 is 0 Å². The topological polar surface area (TPSA) is 55.8 Å². The van der Waals surface area contributed by atoms with E-state index in [4.69, 9.17) is 9.47 Å². The monoisotopic (exact) mass is 337 g/mol. The first-order valence-corrected chi connectivity index (χ1v) is 8.63. The average Bonchev–Trinajstić information content (AvgIpc) is 2.90. The van der Waals surface area contributed by atoms with Gasteiger partial charge in [0.25, 0.3) is 0 Å². The highest BCUT2D eigenvalue weighted by molar-refractivity contribution is 8.13. The van der Waals surface area contributed by atoms with Gasteiger partial charge in [0.1, 0.15) is 11.5 Å². The summed E-state index contributed by atoms with van der Waals surface area (Å²) in [4.78, 5) is 25.0. The van der Waals surface area contributed by atoms with Crippen molar-refractivity contribution in [2.24, 2.45) is 5.92 Å². The summed E-state index contributed by atoms with van der Waals surface area (Å²) in [7, 11) is 3.25. The van der Waals surface area contributed by atoms with E-state index in [1.54, 1.807) is 21.1 Å². The lowest BCUT2D eigenvalue weighted by Crippen LogP contribution is -2.27. The van der Waals surface area contributed by atoms with Crippen LogP contribution in [0.15, 0.2) is 18.2 Å². The molecule has 1 aliphatic heterocycles. The van der Waals surface area contributed by atoms with Crippen molar-refractivity contribution in [1.82, 2.24) is 4.90 Å². The smallest absolute Gasteiger partial charge is 0.222 e. The van der Waals surface area contributed by atoms with Crippen LogP contribution in [0.5, 0.6) is 11.5 Å². The molecule has 0 N–H and O–H groups in total. The Kier molecular flexibility index (Phi) is 6.33. The van der Waals surface area contributed by atoms with Crippen LogP contribution in [-0.2, 0) is 16.0 Å². The number of benzene rings is 1. The van der Waals surface area contributed by atoms with Crippen molar-refractivity contribution >= 4 is 22.8 Å². The highest BCUT2D eigenvalue weighted by Crippen LogP contribution is 2.25. The van der Waals surface area contributed by atoms with Gasteiger partial charge in [-0.15, -0.1) is 0 Å². The molecule has 1 fully saturated rings. The van der Waals surface area contributed by atoms with Gasteiger partial charge in [0.2, 0.25) is 5.91 Å². The summed E-state index contributed by atoms with van der Waals surface area (Å²) in [5.41, 5.74) is 1.08. The third-order valence-electron chi connectivity index (χ3n) is 3.90. The zero-order valence-electron chi connectivity index (χ0n) is 13.8. The van der Waals surface area contributed by atoms with Crippen LogP contribution < -0.4 is 9.47 Å². The number of hydrogen-bond donors (Lipinski definition) is 0. The Hall–Kier alpha value is -1.69. The van der Waals surface area contributed by atoms with Gasteiger partial charge in [0.05, 0.1) is 14.2 Å². The van der Waals surface area contributed by atoms with Crippen LogP contribution in [0.1, 0.15) is 18.9 Å². The Labute approximate surface area is 141 Å². The van der Waals surface area contributed by atoms with Crippen LogP contribution in [0.3, 0.4) is 0 Å². The molecular formula is C17H23NO4S. The van der Waals surface area contributed by atoms with E-state index in [1.165, 1.54) is 11.8 Å². The van der Waals surface area contributed by atoms with E-state index in [9.17, 15) is 9.59 Å². The predicted molar refractivity (Wildman–Crippen MR) is 91.1 cm³/mol. The quantitative estimate of drug-likeness (QED) is 0.764. The third kappa shape index (κ3) is 5.16. The lowest BCUT2D eigenvalue weighted by atomic mass is 10.1. The molecule has 0 bridgehead atoms. The molecular weight excluding hydrogens is 314 g/mol. The number of nitrogens with zero attached hydrogens (tertiary/aromatic N) is 1. The number of carbonyl (C=O) groups excluding carboxylic acids is 2. The van der Waals surface area contributed by atoms with Gasteiger partial charge in [-0.05, 0) is 30.0 Å². The lowest BCUT2D eigenvalue weighted by Gasteiger charge is -2.17. The van der Waals surface area contributed by atoms with Gasteiger partial charge in [-0.2, -0.15) is 0 Å². The minimum Gasteiger partial charge on any atom is -0.497 e. The van der Waals surface area contributed by atoms with Crippen LogP contribution in [0.4, 0.5) is 0 Å². The Morgan fingerprint density at radius 3 is 2.48 bits per heavy atom. The summed E-state index contributed by atoms with van der Waals surface area (Å²) in [6.07, 6.45) is 1.30. The zero-order chi connectivity index (χ0) is 16.8. The summed E-state index contributed by atoms with van der Waals surface area (Å²) < 4.78 is 10.5. The van der Waals surface area contributed by atoms with E-state index >= 15 is 0 Å². The fourth-order valence-electron chi connectivity index (χ4n) is 2.69. The molecule has 23 heavy (non-hydrogen) atoms. The summed E-state index contributed by atoms with van der Waals surface area (Å²) >= 11 is 1.31. The molecule has 0 aromatic heterocycles. The van der Waals surface area contributed by atoms with Crippen molar-refractivity contribution in [3.8, 4) is 11.5 Å². The average molecular weight is 337 g/mol. The number of thioether (sulfide) groups is 1. The minimum atomic E-state index is 0.111. The maximum absolute atomic E-state index is 12.1. The third-order valence-corrected chi connectivity index (χ3v) is 4.94. The Morgan fingerprint density at radius 2 is 1.91 bits per heavy atom. The molecule has 0 saturated carbocycles. The molecule has 1 aliphatic rings. The molecule has 1 aromatic carbocycles. The molecule has 1 unspecified atom stereocenters. The summed E-state index contributed by atoms with van der Waals surface area (Å²) in [5, 5.41) is 0.111. The number of likely N-dealkylation sites (tertiary alicyclic amines) is 1. The minimum absolute atomic E-state index is 0.111. The zero-order valence-corrected chi connectivity index (χ0v) is 14.6. The first-order valence-electron chi connectivity index (χ1n) is 7.65. The van der Waals surface area contributed by atoms with Gasteiger partial charge in [0.15, 0.2) is 5.12 Å². The second kappa shape index (κ2) is 8.24. The Bertz CT molecular complexity index is 553. The molecule has 1 aromatic rings. The van der Waals surface area contributed by atoms with Crippen molar-refractivity contribution in [2.45, 2.75) is 19.8 Å². The van der Waals surface area contributed by atoms with Crippen molar-refractivity contribution in [3.63, 3.8) is 0 Å². The second-order valence-corrected chi connectivity index (χ2v) is 6.88. The molecule has 2 rings (SSSR count). The number of amides is 1. The standard InChI is InChI=1S/C17H23NO4S/c1-12(19)23-11-14-8-17(20)18(10-14)5-4-13-6-15(21-2)9-16(7-13)22-3/h6-7,9,14H,4-5,8,10-11H2,1-3H3. The molecule has 6 heteroatoms. The first kappa shape index (κ1) is 17.7. The first-order chi connectivity index (χ1) is 11.0. The van der Waals surface area contributed by atoms with E-state index < -0.39 is 0 Å². The van der Waals surface area contributed by atoms with Crippen molar-refractivity contribution in [1.29, 1.82) is 0 Å². The molecule has 0 radical (unpaired) electrons. The van der Waals surface area contributed by atoms with Crippen LogP contribution in [0.2, 0.25) is 0 Å². The van der Waals surface area contributed by atoms with Crippen molar-refractivity contribution < 1.29 is 19.1 Å². The van der Waals surface area contributed by atoms with E-state index in [-0.39, 0.29) is 16.9 Å². The van der Waals surface area contributed by atoms with Crippen LogP contribution >= 0.6 is 11.8 Å². The predicted octanol–water partition coefficient (Wildman–Crippen LogP) is 2.37. The molecule has 126 valence electrons. The van der Waals surface area contributed by atoms with Gasteiger partial charge in [-0.25, -0.2) is 0 Å². The van der Waals surface area contributed by atoms with Gasteiger partial charge in [-0.3, -0.25) is 9.59 Å². The van der Waals surface area contributed by atoms with Crippen LogP contribution in [0.25, 0.3) is 0 Å². The normalized spacial score (nSPS) is 17.4. The van der Waals surface area contributed by atoms with E-state index in [0.29, 0.717) is 13.0 Å². The fourth-order valence-corrected chi connectivity index (χ4v) is 3.39. The number of hydrogen-bond acceptors (Lipinski definition) is 5. The van der Waals surface area contributed by atoms with Crippen molar-refractivity contribution in [3.05, 3.63) is 23.8 Å². The Morgan fingerprint density at radius 1 is 1.26 bits per heavy atom. The van der Waals surface area contributed by atoms with Crippen LogP contribution in [-0.4, -0.2) is 49.0 Å². The maximum Gasteiger partial charge on any atom is 0.222 e. The van der Waals surface area contributed by atoms with Gasteiger partial charge < -0.3 is 14.4 Å². The number of carbonyl (C=O) groups is 2. The summed E-state index contributed by atoms with van der Waals surface area (Å²) in [5.74, 6) is 2.68. The highest BCUT2D eigenvalue weighted by Gasteiger charge is 2.29. The van der Waals surface area contributed by atoms with Crippen molar-refractivity contribution in [2.75, 3.05) is 33.1 Å². The highest BCUT2D eigenvalue weighted by atomic mass is 32.2. The lowest BCUT2D eigenvalue weighted by molar-refractivity contribution is -0.127. The van der Waals surface area contributed by atoms with Gasteiger partial charge in [0, 0.05) is 38.3 Å². The molecule has 0 aliphatic carbocycles. The summed E-state index contributed by atoms with van der Waals surface area (Å²) in [6.45, 7) is 2.98. The fraction of sp³-hybridized carbons (Fsp3) is 0.529. The maximum atomic E-state index is 12.1. The number of rotatable bonds is 7. The molecule has 1 heterocycles. The molecule has 1 saturated heterocycles. The second-order valence-electron chi connectivity index (χ2n) is 5.68. The largest absolute Gasteiger partial charge is 0.497 e. The number of methoxy groups -OCH3 is 2. The van der Waals surface area contributed by atoms with E-state index in [0.717, 1.165) is 35.8 Å². The SMILES string of the molecule is COc1cc(CCN2CC(CSC(C)=O)CC2=O)cc(OC)c1. The molecule has 1 atom stereocenters. The van der Waals surface area contributed by atoms with E-state index in [1.807, 2.05) is 23.1 Å². The van der Waals surface area contributed by atoms with Crippen LogP contribution in [0, 0.1) is 5.92 Å². The number of ether oxygens (including phenoxy) is 2. The molecule has 0 spiro atoms.